The number of amides is 2. The van der Waals surface area contributed by atoms with Gasteiger partial charge in [-0.1, -0.05) is 0 Å². The van der Waals surface area contributed by atoms with E-state index < -0.39 is 0 Å². The standard InChI is InChI=1S/C13H19BrN2O2S/c14-12-4-3-11(19-12)5-6-15-13(18)16-8-9-1-2-10(17)7-9/h3-4,9-10,17H,1-2,5-8H2,(H2,15,16,18)/t9-,10+/m1/s1. The predicted octanol–water partition coefficient (Wildman–Crippen LogP) is 2.51. The van der Waals surface area contributed by atoms with E-state index >= 15 is 0 Å². The molecule has 2 atom stereocenters. The summed E-state index contributed by atoms with van der Waals surface area (Å²) < 4.78 is 1.12. The molecule has 6 heteroatoms. The largest absolute Gasteiger partial charge is 0.393 e. The van der Waals surface area contributed by atoms with Gasteiger partial charge in [0, 0.05) is 18.0 Å². The maximum Gasteiger partial charge on any atom is 0.314 e. The Hall–Kier alpha value is -0.590. The van der Waals surface area contributed by atoms with Crippen molar-refractivity contribution in [3.05, 3.63) is 20.8 Å². The van der Waals surface area contributed by atoms with Gasteiger partial charge in [-0.15, -0.1) is 11.3 Å². The second-order valence-electron chi connectivity index (χ2n) is 4.93. The highest BCUT2D eigenvalue weighted by Crippen LogP contribution is 2.24. The molecule has 0 saturated heterocycles. The monoisotopic (exact) mass is 346 g/mol. The number of urea groups is 1. The highest BCUT2D eigenvalue weighted by atomic mass is 79.9. The first-order valence-corrected chi connectivity index (χ1v) is 8.18. The Bertz CT molecular complexity index is 425. The Kier molecular flexibility index (Phi) is 5.66. The molecule has 1 fully saturated rings. The zero-order chi connectivity index (χ0) is 13.7. The summed E-state index contributed by atoms with van der Waals surface area (Å²) in [4.78, 5) is 12.8. The molecule has 0 unspecified atom stereocenters. The van der Waals surface area contributed by atoms with Crippen LogP contribution in [0.3, 0.4) is 0 Å². The highest BCUT2D eigenvalue weighted by molar-refractivity contribution is 9.11. The number of aliphatic hydroxyl groups excluding tert-OH is 1. The molecule has 0 aromatic carbocycles. The van der Waals surface area contributed by atoms with Crippen molar-refractivity contribution in [3.8, 4) is 0 Å². The van der Waals surface area contributed by atoms with Crippen LogP contribution in [0.1, 0.15) is 24.1 Å². The lowest BCUT2D eigenvalue weighted by atomic mass is 10.1. The van der Waals surface area contributed by atoms with Crippen LogP contribution in [-0.4, -0.2) is 30.3 Å². The van der Waals surface area contributed by atoms with Crippen LogP contribution in [0.15, 0.2) is 15.9 Å². The fraction of sp³-hybridized carbons (Fsp3) is 0.615. The van der Waals surface area contributed by atoms with E-state index in [0.29, 0.717) is 19.0 Å². The Morgan fingerprint density at radius 3 is 2.89 bits per heavy atom. The Balaban J connectivity index is 1.57. The molecule has 1 aromatic rings. The normalized spacial score (nSPS) is 22.4. The minimum absolute atomic E-state index is 0.114. The SMILES string of the molecule is O=C(NCCc1ccc(Br)s1)NC[C@@H]1CC[C@H](O)C1. The van der Waals surface area contributed by atoms with Gasteiger partial charge in [0.2, 0.25) is 0 Å². The van der Waals surface area contributed by atoms with Crippen molar-refractivity contribution in [1.29, 1.82) is 0 Å². The zero-order valence-electron chi connectivity index (χ0n) is 10.7. The van der Waals surface area contributed by atoms with Gasteiger partial charge in [0.1, 0.15) is 0 Å². The van der Waals surface area contributed by atoms with E-state index in [-0.39, 0.29) is 12.1 Å². The van der Waals surface area contributed by atoms with Gasteiger partial charge >= 0.3 is 6.03 Å². The van der Waals surface area contributed by atoms with E-state index in [2.05, 4.69) is 32.6 Å². The molecule has 2 amide bonds. The van der Waals surface area contributed by atoms with Crippen LogP contribution < -0.4 is 10.6 Å². The maximum atomic E-state index is 11.6. The molecule has 0 radical (unpaired) electrons. The topological polar surface area (TPSA) is 61.4 Å². The molecule has 19 heavy (non-hydrogen) atoms. The number of carbonyl (C=O) groups is 1. The van der Waals surface area contributed by atoms with Gasteiger partial charge in [0.25, 0.3) is 0 Å². The van der Waals surface area contributed by atoms with E-state index in [1.807, 2.05) is 6.07 Å². The number of thiophene rings is 1. The quantitative estimate of drug-likeness (QED) is 0.767. The van der Waals surface area contributed by atoms with Crippen molar-refractivity contribution in [2.24, 2.45) is 5.92 Å². The molecule has 1 aromatic heterocycles. The molecular weight excluding hydrogens is 328 g/mol. The van der Waals surface area contributed by atoms with E-state index in [1.165, 1.54) is 4.88 Å². The van der Waals surface area contributed by atoms with Crippen molar-refractivity contribution in [3.63, 3.8) is 0 Å². The highest BCUT2D eigenvalue weighted by Gasteiger charge is 2.22. The summed E-state index contributed by atoms with van der Waals surface area (Å²) in [7, 11) is 0. The van der Waals surface area contributed by atoms with E-state index in [4.69, 9.17) is 0 Å². The molecule has 0 spiro atoms. The number of hydrogen-bond donors (Lipinski definition) is 3. The molecule has 1 aliphatic carbocycles. The average molecular weight is 347 g/mol. The van der Waals surface area contributed by atoms with Gasteiger partial charge < -0.3 is 15.7 Å². The molecular formula is C13H19BrN2O2S. The van der Waals surface area contributed by atoms with E-state index in [9.17, 15) is 9.90 Å². The van der Waals surface area contributed by atoms with E-state index in [0.717, 1.165) is 29.5 Å². The van der Waals surface area contributed by atoms with Crippen molar-refractivity contribution >= 4 is 33.3 Å². The van der Waals surface area contributed by atoms with Crippen molar-refractivity contribution in [2.75, 3.05) is 13.1 Å². The summed E-state index contributed by atoms with van der Waals surface area (Å²) in [5.41, 5.74) is 0. The number of carbonyl (C=O) groups excluding carboxylic acids is 1. The van der Waals surface area contributed by atoms with Crippen LogP contribution in [0.2, 0.25) is 0 Å². The molecule has 3 N–H and O–H groups in total. The van der Waals surface area contributed by atoms with Crippen molar-refractivity contribution < 1.29 is 9.90 Å². The fourth-order valence-electron chi connectivity index (χ4n) is 2.32. The summed E-state index contributed by atoms with van der Waals surface area (Å²) >= 11 is 5.11. The van der Waals surface area contributed by atoms with E-state index in [1.54, 1.807) is 11.3 Å². The molecule has 1 saturated carbocycles. The van der Waals surface area contributed by atoms with Crippen molar-refractivity contribution in [2.45, 2.75) is 31.8 Å². The number of rotatable bonds is 5. The Morgan fingerprint density at radius 1 is 1.42 bits per heavy atom. The second kappa shape index (κ2) is 7.26. The minimum atomic E-state index is -0.174. The number of nitrogens with one attached hydrogen (secondary N) is 2. The molecule has 0 bridgehead atoms. The van der Waals surface area contributed by atoms with Crippen LogP contribution in [0.4, 0.5) is 4.79 Å². The summed E-state index contributed by atoms with van der Waals surface area (Å²) in [5.74, 6) is 0.425. The Labute approximate surface area is 125 Å². The summed E-state index contributed by atoms with van der Waals surface area (Å²) in [6.45, 7) is 1.31. The van der Waals surface area contributed by atoms with Gasteiger partial charge in [-0.2, -0.15) is 0 Å². The third-order valence-corrected chi connectivity index (χ3v) is 5.03. The second-order valence-corrected chi connectivity index (χ2v) is 7.47. The molecule has 2 rings (SSSR count). The van der Waals surface area contributed by atoms with Crippen LogP contribution in [0.5, 0.6) is 0 Å². The fourth-order valence-corrected chi connectivity index (χ4v) is 3.80. The van der Waals surface area contributed by atoms with Crippen LogP contribution >= 0.6 is 27.3 Å². The van der Waals surface area contributed by atoms with Crippen LogP contribution in [0, 0.1) is 5.92 Å². The third-order valence-electron chi connectivity index (χ3n) is 3.35. The number of hydrogen-bond acceptors (Lipinski definition) is 3. The lowest BCUT2D eigenvalue weighted by molar-refractivity contribution is 0.177. The van der Waals surface area contributed by atoms with Crippen molar-refractivity contribution in [1.82, 2.24) is 10.6 Å². The average Bonchev–Trinajstić information content (AvgIpc) is 2.96. The smallest absolute Gasteiger partial charge is 0.314 e. The van der Waals surface area contributed by atoms with Gasteiger partial charge in [-0.3, -0.25) is 0 Å². The summed E-state index contributed by atoms with van der Waals surface area (Å²) in [5, 5.41) is 15.1. The molecule has 0 aliphatic heterocycles. The van der Waals surface area contributed by atoms with Crippen LogP contribution in [-0.2, 0) is 6.42 Å². The van der Waals surface area contributed by atoms with Gasteiger partial charge in [-0.25, -0.2) is 4.79 Å². The van der Waals surface area contributed by atoms with Crippen LogP contribution in [0.25, 0.3) is 0 Å². The van der Waals surface area contributed by atoms with Gasteiger partial charge in [0.15, 0.2) is 0 Å². The molecule has 4 nitrogen and oxygen atoms in total. The predicted molar refractivity (Wildman–Crippen MR) is 80.5 cm³/mol. The first kappa shape index (κ1) is 14.8. The van der Waals surface area contributed by atoms with Gasteiger partial charge in [0.05, 0.1) is 9.89 Å². The lowest BCUT2D eigenvalue weighted by Crippen LogP contribution is -2.38. The summed E-state index contributed by atoms with van der Waals surface area (Å²) in [6.07, 6.45) is 3.36. The molecule has 106 valence electrons. The third kappa shape index (κ3) is 5.12. The lowest BCUT2D eigenvalue weighted by Gasteiger charge is -2.11. The summed E-state index contributed by atoms with van der Waals surface area (Å²) in [6, 6.07) is 3.97. The number of aliphatic hydroxyl groups is 1. The molecule has 1 heterocycles. The van der Waals surface area contributed by atoms with Gasteiger partial charge in [-0.05, 0) is 59.7 Å². The first-order valence-electron chi connectivity index (χ1n) is 6.57. The first-order chi connectivity index (χ1) is 9.13. The maximum absolute atomic E-state index is 11.6. The number of halogens is 1. The minimum Gasteiger partial charge on any atom is -0.393 e. The zero-order valence-corrected chi connectivity index (χ0v) is 13.1. The molecule has 1 aliphatic rings. The Morgan fingerprint density at radius 2 is 2.26 bits per heavy atom.